The Kier molecular flexibility index (Phi) is 7.05. The maximum atomic E-state index is 13.3. The van der Waals surface area contributed by atoms with Crippen molar-refractivity contribution in [3.05, 3.63) is 54.3 Å². The number of aromatic nitrogens is 1. The minimum Gasteiger partial charge on any atom is -0.455 e. The second-order valence-corrected chi connectivity index (χ2v) is 8.07. The second-order valence-electron chi connectivity index (χ2n) is 8.07. The predicted molar refractivity (Wildman–Crippen MR) is 122 cm³/mol. The average molecular weight is 468 g/mol. The minimum absolute atomic E-state index is 0.000237. The molecule has 2 aromatic carbocycles. The molecular formula is C24H25FN4O5. The van der Waals surface area contributed by atoms with E-state index in [1.165, 1.54) is 29.2 Å². The molecule has 10 heteroatoms. The lowest BCUT2D eigenvalue weighted by Gasteiger charge is -2.29. The van der Waals surface area contributed by atoms with Crippen molar-refractivity contribution in [3.63, 3.8) is 0 Å². The Hall–Kier alpha value is -3.95. The third kappa shape index (κ3) is 5.51. The molecule has 2 amide bonds. The van der Waals surface area contributed by atoms with Gasteiger partial charge in [-0.2, -0.15) is 4.98 Å². The van der Waals surface area contributed by atoms with Crippen molar-refractivity contribution in [2.75, 3.05) is 36.0 Å². The standard InChI is InChI=1S/C24H25FN4O5/c25-17-5-7-18(8-6-17)29(14-11-21(26)30)22(31)15-33-23(32)16-9-12-28(13-10-16)24-27-19-3-1-2-4-20(19)34-24/h1-8,16H,9-15H2,(H2,26,30). The van der Waals surface area contributed by atoms with Crippen molar-refractivity contribution in [3.8, 4) is 0 Å². The molecule has 1 saturated heterocycles. The molecule has 4 rings (SSSR count). The number of carbonyl (C=O) groups is 3. The van der Waals surface area contributed by atoms with Crippen molar-refractivity contribution in [1.29, 1.82) is 0 Å². The van der Waals surface area contributed by atoms with Gasteiger partial charge in [-0.15, -0.1) is 0 Å². The Bertz CT molecular complexity index is 1140. The molecule has 34 heavy (non-hydrogen) atoms. The number of hydrogen-bond donors (Lipinski definition) is 1. The number of halogens is 1. The zero-order chi connectivity index (χ0) is 24.1. The average Bonchev–Trinajstić information content (AvgIpc) is 3.28. The van der Waals surface area contributed by atoms with Crippen LogP contribution in [-0.2, 0) is 19.1 Å². The summed E-state index contributed by atoms with van der Waals surface area (Å²) in [5.74, 6) is -2.37. The molecule has 0 unspecified atom stereocenters. The van der Waals surface area contributed by atoms with Gasteiger partial charge in [0, 0.05) is 31.7 Å². The highest BCUT2D eigenvalue weighted by Crippen LogP contribution is 2.27. The fourth-order valence-corrected chi connectivity index (χ4v) is 3.87. The smallest absolute Gasteiger partial charge is 0.309 e. The van der Waals surface area contributed by atoms with Gasteiger partial charge in [-0.3, -0.25) is 14.4 Å². The molecule has 0 atom stereocenters. The summed E-state index contributed by atoms with van der Waals surface area (Å²) in [4.78, 5) is 44.2. The quantitative estimate of drug-likeness (QED) is 0.505. The first-order valence-corrected chi connectivity index (χ1v) is 11.0. The van der Waals surface area contributed by atoms with Crippen LogP contribution in [-0.4, -0.2) is 49.0 Å². The lowest BCUT2D eigenvalue weighted by Crippen LogP contribution is -2.40. The highest BCUT2D eigenvalue weighted by atomic mass is 19.1. The second kappa shape index (κ2) is 10.3. The molecule has 3 aromatic rings. The molecule has 9 nitrogen and oxygen atoms in total. The first-order valence-electron chi connectivity index (χ1n) is 11.0. The number of para-hydroxylation sites is 2. The third-order valence-electron chi connectivity index (χ3n) is 5.74. The van der Waals surface area contributed by atoms with E-state index in [1.54, 1.807) is 0 Å². The van der Waals surface area contributed by atoms with Crippen molar-refractivity contribution in [2.45, 2.75) is 19.3 Å². The number of anilines is 2. The summed E-state index contributed by atoms with van der Waals surface area (Å²) < 4.78 is 24.3. The molecule has 0 radical (unpaired) electrons. The van der Waals surface area contributed by atoms with Gasteiger partial charge >= 0.3 is 5.97 Å². The summed E-state index contributed by atoms with van der Waals surface area (Å²) in [6.07, 6.45) is 0.996. The number of nitrogens with two attached hydrogens (primary N) is 1. The third-order valence-corrected chi connectivity index (χ3v) is 5.74. The fraction of sp³-hybridized carbons (Fsp3) is 0.333. The van der Waals surface area contributed by atoms with E-state index in [-0.39, 0.29) is 18.9 Å². The van der Waals surface area contributed by atoms with E-state index < -0.39 is 30.2 Å². The molecule has 2 N–H and O–H groups in total. The van der Waals surface area contributed by atoms with Gasteiger partial charge in [0.1, 0.15) is 11.3 Å². The molecule has 0 spiro atoms. The molecule has 0 aliphatic carbocycles. The molecule has 1 aliphatic heterocycles. The molecule has 0 bridgehead atoms. The van der Waals surface area contributed by atoms with E-state index in [1.807, 2.05) is 29.2 Å². The SMILES string of the molecule is NC(=O)CCN(C(=O)COC(=O)C1CCN(c2nc3ccccc3o2)CC1)c1ccc(F)cc1. The number of primary amides is 1. The fourth-order valence-electron chi connectivity index (χ4n) is 3.87. The number of carbonyl (C=O) groups excluding carboxylic acids is 3. The van der Waals surface area contributed by atoms with Gasteiger partial charge in [-0.05, 0) is 49.2 Å². The summed E-state index contributed by atoms with van der Waals surface area (Å²) >= 11 is 0. The van der Waals surface area contributed by atoms with E-state index in [4.69, 9.17) is 14.9 Å². The van der Waals surface area contributed by atoms with Gasteiger partial charge in [0.2, 0.25) is 5.91 Å². The van der Waals surface area contributed by atoms with Crippen molar-refractivity contribution < 1.29 is 27.9 Å². The molecule has 0 saturated carbocycles. The lowest BCUT2D eigenvalue weighted by molar-refractivity contribution is -0.152. The Morgan fingerprint density at radius 1 is 1.12 bits per heavy atom. The van der Waals surface area contributed by atoms with E-state index in [9.17, 15) is 18.8 Å². The summed E-state index contributed by atoms with van der Waals surface area (Å²) in [6, 6.07) is 13.3. The van der Waals surface area contributed by atoms with Gasteiger partial charge in [0.15, 0.2) is 12.2 Å². The van der Waals surface area contributed by atoms with Crippen molar-refractivity contribution in [1.82, 2.24) is 4.98 Å². The maximum Gasteiger partial charge on any atom is 0.309 e. The number of nitrogens with zero attached hydrogens (tertiary/aromatic N) is 3. The zero-order valence-corrected chi connectivity index (χ0v) is 18.5. The first kappa shape index (κ1) is 23.2. The number of benzene rings is 2. The number of piperidine rings is 1. The van der Waals surface area contributed by atoms with Gasteiger partial charge in [0.25, 0.3) is 11.9 Å². The summed E-state index contributed by atoms with van der Waals surface area (Å²) in [7, 11) is 0. The number of oxazole rings is 1. The van der Waals surface area contributed by atoms with E-state index in [0.717, 1.165) is 5.52 Å². The Morgan fingerprint density at radius 2 is 1.82 bits per heavy atom. The summed E-state index contributed by atoms with van der Waals surface area (Å²) in [5, 5.41) is 0. The summed E-state index contributed by atoms with van der Waals surface area (Å²) in [6.45, 7) is 0.655. The van der Waals surface area contributed by atoms with Crippen LogP contribution < -0.4 is 15.5 Å². The molecule has 1 fully saturated rings. The Balaban J connectivity index is 1.30. The number of fused-ring (bicyclic) bond motifs is 1. The normalized spacial score (nSPS) is 14.2. The highest BCUT2D eigenvalue weighted by molar-refractivity contribution is 5.95. The van der Waals surface area contributed by atoms with Crippen LogP contribution in [0.1, 0.15) is 19.3 Å². The number of rotatable bonds is 8. The van der Waals surface area contributed by atoms with E-state index in [2.05, 4.69) is 4.98 Å². The predicted octanol–water partition coefficient (Wildman–Crippen LogP) is 2.64. The molecule has 1 aliphatic rings. The lowest BCUT2D eigenvalue weighted by atomic mass is 9.97. The van der Waals surface area contributed by atoms with Gasteiger partial charge in [-0.1, -0.05) is 12.1 Å². The van der Waals surface area contributed by atoms with E-state index >= 15 is 0 Å². The Morgan fingerprint density at radius 3 is 2.50 bits per heavy atom. The van der Waals surface area contributed by atoms with Crippen molar-refractivity contribution >= 4 is 40.6 Å². The zero-order valence-electron chi connectivity index (χ0n) is 18.5. The minimum atomic E-state index is -0.581. The van der Waals surface area contributed by atoms with Crippen LogP contribution in [0.25, 0.3) is 11.1 Å². The highest BCUT2D eigenvalue weighted by Gasteiger charge is 2.29. The van der Waals surface area contributed by atoms with Crippen LogP contribution in [0.5, 0.6) is 0 Å². The molecular weight excluding hydrogens is 443 g/mol. The van der Waals surface area contributed by atoms with Gasteiger partial charge in [-0.25, -0.2) is 4.39 Å². The van der Waals surface area contributed by atoms with Crippen LogP contribution >= 0.6 is 0 Å². The van der Waals surface area contributed by atoms with E-state index in [0.29, 0.717) is 43.2 Å². The molecule has 178 valence electrons. The monoisotopic (exact) mass is 468 g/mol. The summed E-state index contributed by atoms with van der Waals surface area (Å²) in [5.41, 5.74) is 7.07. The van der Waals surface area contributed by atoms with Crippen molar-refractivity contribution in [2.24, 2.45) is 11.7 Å². The molecule has 2 heterocycles. The number of ether oxygens (including phenoxy) is 1. The van der Waals surface area contributed by atoms with Crippen LogP contribution in [0, 0.1) is 11.7 Å². The van der Waals surface area contributed by atoms with Crippen LogP contribution in [0.15, 0.2) is 52.9 Å². The largest absolute Gasteiger partial charge is 0.455 e. The topological polar surface area (TPSA) is 119 Å². The van der Waals surface area contributed by atoms with Gasteiger partial charge < -0.3 is 24.7 Å². The van der Waals surface area contributed by atoms with Crippen LogP contribution in [0.2, 0.25) is 0 Å². The number of hydrogen-bond acceptors (Lipinski definition) is 7. The number of esters is 1. The number of amides is 2. The molecule has 1 aromatic heterocycles. The van der Waals surface area contributed by atoms with Crippen LogP contribution in [0.4, 0.5) is 16.1 Å². The van der Waals surface area contributed by atoms with Gasteiger partial charge in [0.05, 0.1) is 5.92 Å². The maximum absolute atomic E-state index is 13.3. The first-order chi connectivity index (χ1) is 16.4. The van der Waals surface area contributed by atoms with Crippen LogP contribution in [0.3, 0.4) is 0 Å². The Labute approximate surface area is 195 Å².